The third-order valence-corrected chi connectivity index (χ3v) is 10.5. The summed E-state index contributed by atoms with van der Waals surface area (Å²) in [5.74, 6) is -4.51. The number of aromatic carboxylic acids is 1. The van der Waals surface area contributed by atoms with Crippen LogP contribution in [0.3, 0.4) is 0 Å². The molecule has 0 aliphatic heterocycles. The van der Waals surface area contributed by atoms with Crippen LogP contribution >= 0.6 is 15.9 Å². The van der Waals surface area contributed by atoms with E-state index in [2.05, 4.69) is 28.2 Å². The summed E-state index contributed by atoms with van der Waals surface area (Å²) in [5, 5.41) is 37.8. The minimum Gasteiger partial charge on any atom is -0.493 e. The van der Waals surface area contributed by atoms with Crippen LogP contribution in [0.15, 0.2) is 48.5 Å². The summed E-state index contributed by atoms with van der Waals surface area (Å²) in [6.45, 7) is 2.72. The Morgan fingerprint density at radius 3 is 1.67 bits per heavy atom. The minimum atomic E-state index is -1.23. The van der Waals surface area contributed by atoms with Crippen LogP contribution in [-0.2, 0) is 14.4 Å². The number of amides is 1. The zero-order chi connectivity index (χ0) is 42.3. The molecule has 3 rings (SSSR count). The van der Waals surface area contributed by atoms with Crippen molar-refractivity contribution in [3.8, 4) is 11.5 Å². The summed E-state index contributed by atoms with van der Waals surface area (Å²) >= 11 is 3.04. The number of benzene rings is 2. The topological polar surface area (TPSA) is 197 Å². The molecule has 2 aromatic carbocycles. The Bertz CT molecular complexity index is 1420. The Morgan fingerprint density at radius 1 is 0.667 bits per heavy atom. The molecule has 0 radical (unpaired) electrons. The molecule has 2 aromatic rings. The van der Waals surface area contributed by atoms with E-state index in [1.165, 1.54) is 95.6 Å². The molecule has 0 aromatic heterocycles. The van der Waals surface area contributed by atoms with Crippen LogP contribution in [0.5, 0.6) is 11.5 Å². The quantitative estimate of drug-likeness (QED) is 0.0325. The van der Waals surface area contributed by atoms with Crippen LogP contribution in [0.1, 0.15) is 162 Å². The highest BCUT2D eigenvalue weighted by atomic mass is 79.9. The first-order chi connectivity index (χ1) is 27.4. The van der Waals surface area contributed by atoms with E-state index in [-0.39, 0.29) is 24.0 Å². The van der Waals surface area contributed by atoms with Gasteiger partial charge in [0.2, 0.25) is 0 Å². The number of nitrogens with one attached hydrogen (secondary N) is 1. The van der Waals surface area contributed by atoms with Crippen molar-refractivity contribution in [3.05, 3.63) is 59.7 Å². The molecule has 0 spiro atoms. The number of carbonyl (C=O) groups excluding carboxylic acids is 1. The average Bonchev–Trinajstić information content (AvgIpc) is 3.71. The molecule has 1 fully saturated rings. The monoisotopic (exact) mass is 863 g/mol. The normalized spacial score (nSPS) is 12.7. The number of methoxy groups -OCH3 is 1. The van der Waals surface area contributed by atoms with E-state index in [1.54, 1.807) is 37.4 Å². The number of hydrogen-bond donors (Lipinski definition) is 5. The Balaban J connectivity index is 0.000000434. The molecule has 13 heteroatoms. The highest BCUT2D eigenvalue weighted by Gasteiger charge is 2.24. The minimum absolute atomic E-state index is 0.132. The third-order valence-electron chi connectivity index (χ3n) is 9.67. The Kier molecular flexibility index (Phi) is 28.5. The second-order valence-corrected chi connectivity index (χ2v) is 15.5. The second kappa shape index (κ2) is 31.9. The fourth-order valence-electron chi connectivity index (χ4n) is 6.28. The van der Waals surface area contributed by atoms with Crippen LogP contribution in [0, 0.1) is 5.92 Å². The lowest BCUT2D eigenvalue weighted by atomic mass is 10.00. The molecule has 1 aliphatic rings. The molecular weight excluding hydrogens is 798 g/mol. The van der Waals surface area contributed by atoms with Gasteiger partial charge in [0, 0.05) is 12.1 Å². The predicted octanol–water partition coefficient (Wildman–Crippen LogP) is 10.4. The first kappa shape index (κ1) is 50.9. The second-order valence-electron chi connectivity index (χ2n) is 14.4. The molecule has 0 bridgehead atoms. The Hall–Kier alpha value is -4.13. The standard InChI is InChI=1S/C19H36O4.C13H16O4.C12H14BrNO3/c1-2-3-4-5-6-7-8-9-10-11-12-13-14-15-16-17(18(20)21)19(22)23;1-16-11-7-6-9(13(14)15)8-12(11)17-10-4-2-3-5-10;13-10(12(16)17)7-4-8-14-11(15)9-5-2-1-3-6-9/h17H,2-16H2,1H3,(H,20,21)(H,22,23);6-8,10H,2-5H2,1H3,(H,14,15);1-3,5-6,10H,4,7-8H2,(H,14,15)(H,16,17). The molecule has 1 saturated carbocycles. The largest absolute Gasteiger partial charge is 0.493 e. The molecular formula is C44H66BrNO11. The van der Waals surface area contributed by atoms with Crippen molar-refractivity contribution in [2.75, 3.05) is 13.7 Å². The summed E-state index contributed by atoms with van der Waals surface area (Å²) in [4.78, 5) is 53.9. The molecule has 1 amide bonds. The zero-order valence-electron chi connectivity index (χ0n) is 33.9. The van der Waals surface area contributed by atoms with Crippen LogP contribution in [0.25, 0.3) is 0 Å². The SMILES string of the molecule is CCCCCCCCCCCCCCCCC(C(=O)O)C(=O)O.COc1ccc(C(=O)O)cc1OC1CCCC1.O=C(NCCCC(Br)C(=O)O)c1ccccc1. The van der Waals surface area contributed by atoms with E-state index < -0.39 is 34.6 Å². The predicted molar refractivity (Wildman–Crippen MR) is 225 cm³/mol. The van der Waals surface area contributed by atoms with Crippen molar-refractivity contribution in [1.29, 1.82) is 0 Å². The number of alkyl halides is 1. The van der Waals surface area contributed by atoms with E-state index in [1.807, 2.05) is 6.07 Å². The van der Waals surface area contributed by atoms with E-state index in [0.29, 0.717) is 42.9 Å². The number of halogens is 1. The number of carbonyl (C=O) groups is 5. The van der Waals surface area contributed by atoms with Gasteiger partial charge in [-0.05, 0) is 75.3 Å². The molecule has 1 aliphatic carbocycles. The van der Waals surface area contributed by atoms with Gasteiger partial charge in [0.15, 0.2) is 17.4 Å². The summed E-state index contributed by atoms with van der Waals surface area (Å²) in [6, 6.07) is 13.6. The van der Waals surface area contributed by atoms with E-state index in [0.717, 1.165) is 25.7 Å². The fourth-order valence-corrected chi connectivity index (χ4v) is 6.61. The van der Waals surface area contributed by atoms with Gasteiger partial charge in [0.25, 0.3) is 5.91 Å². The summed E-state index contributed by atoms with van der Waals surface area (Å²) in [6.07, 6.45) is 23.3. The van der Waals surface area contributed by atoms with E-state index in [9.17, 15) is 24.0 Å². The van der Waals surface area contributed by atoms with Gasteiger partial charge in [-0.3, -0.25) is 19.2 Å². The molecule has 320 valence electrons. The molecule has 1 unspecified atom stereocenters. The highest BCUT2D eigenvalue weighted by molar-refractivity contribution is 9.10. The van der Waals surface area contributed by atoms with Crippen molar-refractivity contribution < 1.29 is 53.9 Å². The van der Waals surface area contributed by atoms with Crippen LogP contribution in [-0.4, -0.2) is 74.8 Å². The van der Waals surface area contributed by atoms with Crippen molar-refractivity contribution >= 4 is 45.7 Å². The molecule has 5 N–H and O–H groups in total. The molecule has 0 saturated heterocycles. The zero-order valence-corrected chi connectivity index (χ0v) is 35.5. The van der Waals surface area contributed by atoms with E-state index in [4.69, 9.17) is 29.9 Å². The average molecular weight is 865 g/mol. The molecule has 12 nitrogen and oxygen atoms in total. The maximum atomic E-state index is 11.6. The van der Waals surface area contributed by atoms with Gasteiger partial charge in [-0.15, -0.1) is 0 Å². The molecule has 0 heterocycles. The number of hydrogen-bond acceptors (Lipinski definition) is 7. The smallest absolute Gasteiger partial charge is 0.335 e. The first-order valence-corrected chi connectivity index (χ1v) is 21.6. The molecule has 1 atom stereocenters. The maximum Gasteiger partial charge on any atom is 0.335 e. The van der Waals surface area contributed by atoms with Crippen molar-refractivity contribution in [2.45, 2.75) is 153 Å². The number of carboxylic acid groups (broad SMARTS) is 4. The summed E-state index contributed by atoms with van der Waals surface area (Å²) in [5.41, 5.74) is 0.833. The lowest BCUT2D eigenvalue weighted by Gasteiger charge is -2.16. The van der Waals surface area contributed by atoms with Gasteiger partial charge in [-0.2, -0.15) is 0 Å². The summed E-state index contributed by atoms with van der Waals surface area (Å²) in [7, 11) is 1.55. The fraction of sp³-hybridized carbons (Fsp3) is 0.614. The highest BCUT2D eigenvalue weighted by Crippen LogP contribution is 2.32. The van der Waals surface area contributed by atoms with E-state index >= 15 is 0 Å². The van der Waals surface area contributed by atoms with Gasteiger partial charge < -0.3 is 35.2 Å². The Labute approximate surface area is 347 Å². The van der Waals surface area contributed by atoms with Gasteiger partial charge >= 0.3 is 23.9 Å². The van der Waals surface area contributed by atoms with Gasteiger partial charge in [0.05, 0.1) is 18.8 Å². The number of rotatable bonds is 27. The number of aliphatic carboxylic acids is 3. The van der Waals surface area contributed by atoms with Crippen molar-refractivity contribution in [3.63, 3.8) is 0 Å². The van der Waals surface area contributed by atoms with Crippen molar-refractivity contribution in [1.82, 2.24) is 5.32 Å². The maximum absolute atomic E-state index is 11.6. The van der Waals surface area contributed by atoms with Gasteiger partial charge in [0.1, 0.15) is 4.83 Å². The Morgan fingerprint density at radius 2 is 1.19 bits per heavy atom. The van der Waals surface area contributed by atoms with Crippen molar-refractivity contribution in [2.24, 2.45) is 5.92 Å². The van der Waals surface area contributed by atoms with Crippen LogP contribution in [0.2, 0.25) is 0 Å². The number of carboxylic acids is 4. The first-order valence-electron chi connectivity index (χ1n) is 20.6. The van der Waals surface area contributed by atoms with Gasteiger partial charge in [-0.1, -0.05) is 131 Å². The van der Waals surface area contributed by atoms with Gasteiger partial charge in [-0.25, -0.2) is 4.79 Å². The van der Waals surface area contributed by atoms with Crippen LogP contribution < -0.4 is 14.8 Å². The number of ether oxygens (including phenoxy) is 2. The third kappa shape index (κ3) is 24.3. The lowest BCUT2D eigenvalue weighted by molar-refractivity contribution is -0.154. The molecule has 57 heavy (non-hydrogen) atoms. The lowest BCUT2D eigenvalue weighted by Crippen LogP contribution is -2.25. The number of unbranched alkanes of at least 4 members (excludes halogenated alkanes) is 13. The van der Waals surface area contributed by atoms with Crippen LogP contribution in [0.4, 0.5) is 0 Å². The summed E-state index contributed by atoms with van der Waals surface area (Å²) < 4.78 is 11.0.